The summed E-state index contributed by atoms with van der Waals surface area (Å²) in [5.41, 5.74) is 2.12. The van der Waals surface area contributed by atoms with Gasteiger partial charge >= 0.3 is 0 Å². The van der Waals surface area contributed by atoms with Gasteiger partial charge in [0.2, 0.25) is 5.91 Å². The van der Waals surface area contributed by atoms with E-state index in [0.717, 1.165) is 25.2 Å². The highest BCUT2D eigenvalue weighted by molar-refractivity contribution is 5.95. The predicted molar refractivity (Wildman–Crippen MR) is 80.6 cm³/mol. The molecule has 3 nitrogen and oxygen atoms in total. The molecule has 0 aromatic heterocycles. The maximum Gasteiger partial charge on any atom is 0.227 e. The molecule has 1 unspecified atom stereocenters. The molecule has 0 saturated carbocycles. The van der Waals surface area contributed by atoms with Crippen molar-refractivity contribution in [1.82, 2.24) is 0 Å². The molecule has 1 N–H and O–H groups in total. The molecule has 1 atom stereocenters. The van der Waals surface area contributed by atoms with Crippen molar-refractivity contribution in [3.05, 3.63) is 24.3 Å². The van der Waals surface area contributed by atoms with Crippen LogP contribution in [0.25, 0.3) is 0 Å². The van der Waals surface area contributed by atoms with Crippen molar-refractivity contribution in [1.29, 1.82) is 0 Å². The summed E-state index contributed by atoms with van der Waals surface area (Å²) in [6, 6.07) is 8.14. The summed E-state index contributed by atoms with van der Waals surface area (Å²) in [6.07, 6.45) is 4.68. The molecule has 1 amide bonds. The average molecular weight is 260 g/mol. The minimum atomic E-state index is 0.0643. The van der Waals surface area contributed by atoms with E-state index in [4.69, 9.17) is 0 Å². The molecule has 1 aliphatic rings. The molecule has 104 valence electrons. The highest BCUT2D eigenvalue weighted by Crippen LogP contribution is 2.28. The third-order valence-corrected chi connectivity index (χ3v) is 3.92. The van der Waals surface area contributed by atoms with Crippen LogP contribution in [-0.2, 0) is 4.79 Å². The number of benzene rings is 1. The van der Waals surface area contributed by atoms with E-state index >= 15 is 0 Å². The van der Waals surface area contributed by atoms with E-state index < -0.39 is 0 Å². The number of nitrogens with one attached hydrogen (secondary N) is 1. The number of hydrogen-bond donors (Lipinski definition) is 1. The predicted octanol–water partition coefficient (Wildman–Crippen LogP) is 3.66. The second-order valence-corrected chi connectivity index (χ2v) is 5.36. The lowest BCUT2D eigenvalue weighted by Gasteiger charge is -2.30. The van der Waals surface area contributed by atoms with E-state index in [1.54, 1.807) is 0 Å². The standard InChI is InChI=1S/C16H24N2O/c1-3-13(2)16(19)17-14-9-5-6-10-15(14)18-11-7-4-8-12-18/h5-6,9-10,13H,3-4,7-8,11-12H2,1-2H3,(H,17,19). The van der Waals surface area contributed by atoms with E-state index in [1.165, 1.54) is 24.9 Å². The average Bonchev–Trinajstić information content (AvgIpc) is 2.47. The van der Waals surface area contributed by atoms with Crippen LogP contribution in [0.2, 0.25) is 0 Å². The second kappa shape index (κ2) is 6.60. The quantitative estimate of drug-likeness (QED) is 0.896. The molecule has 1 aromatic carbocycles. The molecule has 1 saturated heterocycles. The van der Waals surface area contributed by atoms with E-state index in [1.807, 2.05) is 32.0 Å². The van der Waals surface area contributed by atoms with Crippen LogP contribution >= 0.6 is 0 Å². The van der Waals surface area contributed by atoms with Gasteiger partial charge in [0, 0.05) is 19.0 Å². The summed E-state index contributed by atoms with van der Waals surface area (Å²) in [4.78, 5) is 14.4. The van der Waals surface area contributed by atoms with Gasteiger partial charge in [0.05, 0.1) is 11.4 Å². The number of piperidine rings is 1. The first-order valence-electron chi connectivity index (χ1n) is 7.37. The van der Waals surface area contributed by atoms with Gasteiger partial charge in [0.15, 0.2) is 0 Å². The van der Waals surface area contributed by atoms with Gasteiger partial charge in [-0.15, -0.1) is 0 Å². The third kappa shape index (κ3) is 3.49. The summed E-state index contributed by atoms with van der Waals surface area (Å²) in [5, 5.41) is 3.08. The van der Waals surface area contributed by atoms with Gasteiger partial charge in [-0.2, -0.15) is 0 Å². The van der Waals surface area contributed by atoms with Gasteiger partial charge in [0.1, 0.15) is 0 Å². The smallest absolute Gasteiger partial charge is 0.227 e. The maximum atomic E-state index is 12.0. The maximum absolute atomic E-state index is 12.0. The fourth-order valence-electron chi connectivity index (χ4n) is 2.43. The molecule has 3 heteroatoms. The summed E-state index contributed by atoms with van der Waals surface area (Å²) in [5.74, 6) is 0.182. The molecule has 0 bridgehead atoms. The monoisotopic (exact) mass is 260 g/mol. The third-order valence-electron chi connectivity index (χ3n) is 3.92. The van der Waals surface area contributed by atoms with Crippen LogP contribution in [0.3, 0.4) is 0 Å². The number of carbonyl (C=O) groups is 1. The first-order chi connectivity index (χ1) is 9.22. The normalized spacial score (nSPS) is 17.1. The van der Waals surface area contributed by atoms with Crippen molar-refractivity contribution in [3.63, 3.8) is 0 Å². The lowest BCUT2D eigenvalue weighted by molar-refractivity contribution is -0.119. The van der Waals surface area contributed by atoms with Gasteiger partial charge < -0.3 is 10.2 Å². The largest absolute Gasteiger partial charge is 0.370 e. The second-order valence-electron chi connectivity index (χ2n) is 5.36. The molecular formula is C16H24N2O. The van der Waals surface area contributed by atoms with Crippen molar-refractivity contribution in [2.75, 3.05) is 23.3 Å². The fraction of sp³-hybridized carbons (Fsp3) is 0.562. The van der Waals surface area contributed by atoms with Crippen LogP contribution in [0.15, 0.2) is 24.3 Å². The van der Waals surface area contributed by atoms with Crippen molar-refractivity contribution in [3.8, 4) is 0 Å². The van der Waals surface area contributed by atoms with E-state index in [2.05, 4.69) is 16.3 Å². The van der Waals surface area contributed by atoms with Crippen molar-refractivity contribution in [2.45, 2.75) is 39.5 Å². The molecule has 1 aliphatic heterocycles. The van der Waals surface area contributed by atoms with Gasteiger partial charge in [0.25, 0.3) is 0 Å². The number of nitrogens with zero attached hydrogens (tertiary/aromatic N) is 1. The molecule has 19 heavy (non-hydrogen) atoms. The lowest BCUT2D eigenvalue weighted by atomic mass is 10.1. The summed E-state index contributed by atoms with van der Waals surface area (Å²) >= 11 is 0. The first-order valence-corrected chi connectivity index (χ1v) is 7.37. The number of hydrogen-bond acceptors (Lipinski definition) is 2. The SMILES string of the molecule is CCC(C)C(=O)Nc1ccccc1N1CCCCC1. The van der Waals surface area contributed by atoms with Crippen molar-refractivity contribution in [2.24, 2.45) is 5.92 Å². The number of amides is 1. The molecule has 1 heterocycles. The van der Waals surface area contributed by atoms with Gasteiger partial charge in [-0.25, -0.2) is 0 Å². The van der Waals surface area contributed by atoms with Crippen LogP contribution < -0.4 is 10.2 Å². The molecule has 0 radical (unpaired) electrons. The highest BCUT2D eigenvalue weighted by atomic mass is 16.1. The van der Waals surface area contributed by atoms with Crippen LogP contribution in [0.4, 0.5) is 11.4 Å². The van der Waals surface area contributed by atoms with Crippen molar-refractivity contribution < 1.29 is 4.79 Å². The molecular weight excluding hydrogens is 236 g/mol. The summed E-state index contributed by atoms with van der Waals surface area (Å²) < 4.78 is 0. The zero-order valence-electron chi connectivity index (χ0n) is 12.0. The van der Waals surface area contributed by atoms with Gasteiger partial charge in [-0.3, -0.25) is 4.79 Å². The Bertz CT molecular complexity index is 425. The fourth-order valence-corrected chi connectivity index (χ4v) is 2.43. The van der Waals surface area contributed by atoms with Gasteiger partial charge in [-0.1, -0.05) is 26.0 Å². The lowest BCUT2D eigenvalue weighted by Crippen LogP contribution is -2.30. The molecule has 1 aromatic rings. The number of rotatable bonds is 4. The van der Waals surface area contributed by atoms with E-state index in [9.17, 15) is 4.79 Å². The van der Waals surface area contributed by atoms with E-state index in [0.29, 0.717) is 0 Å². The highest BCUT2D eigenvalue weighted by Gasteiger charge is 2.17. The Morgan fingerprint density at radius 2 is 1.95 bits per heavy atom. The number of para-hydroxylation sites is 2. The molecule has 0 spiro atoms. The molecule has 1 fully saturated rings. The molecule has 2 rings (SSSR count). The Morgan fingerprint density at radius 1 is 1.26 bits per heavy atom. The number of carbonyl (C=O) groups excluding carboxylic acids is 1. The van der Waals surface area contributed by atoms with Crippen molar-refractivity contribution >= 4 is 17.3 Å². The molecule has 0 aliphatic carbocycles. The van der Waals surface area contributed by atoms with Crippen LogP contribution in [0.5, 0.6) is 0 Å². The van der Waals surface area contributed by atoms with Crippen LogP contribution in [-0.4, -0.2) is 19.0 Å². The zero-order chi connectivity index (χ0) is 13.7. The van der Waals surface area contributed by atoms with Crippen LogP contribution in [0.1, 0.15) is 39.5 Å². The Balaban J connectivity index is 2.13. The minimum absolute atomic E-state index is 0.0643. The Kier molecular flexibility index (Phi) is 4.83. The topological polar surface area (TPSA) is 32.3 Å². The Hall–Kier alpha value is -1.51. The minimum Gasteiger partial charge on any atom is -0.370 e. The van der Waals surface area contributed by atoms with Crippen LogP contribution in [0, 0.1) is 5.92 Å². The summed E-state index contributed by atoms with van der Waals surface area (Å²) in [6.45, 7) is 6.20. The Morgan fingerprint density at radius 3 is 2.63 bits per heavy atom. The Labute approximate surface area is 116 Å². The van der Waals surface area contributed by atoms with E-state index in [-0.39, 0.29) is 11.8 Å². The zero-order valence-corrected chi connectivity index (χ0v) is 12.0. The summed E-state index contributed by atoms with van der Waals surface area (Å²) in [7, 11) is 0. The number of anilines is 2. The van der Waals surface area contributed by atoms with Gasteiger partial charge in [-0.05, 0) is 37.8 Å². The first kappa shape index (κ1) is 13.9.